The molecule has 0 aliphatic carbocycles. The van der Waals surface area contributed by atoms with Crippen LogP contribution in [0.5, 0.6) is 5.75 Å². The number of carbonyl (C=O) groups is 1. The zero-order chi connectivity index (χ0) is 16.9. The molecule has 0 bridgehead atoms. The highest BCUT2D eigenvalue weighted by Crippen LogP contribution is 2.38. The zero-order valence-electron chi connectivity index (χ0n) is 10.9. The number of hydrogen-bond donors (Lipinski definition) is 1. The van der Waals surface area contributed by atoms with Crippen molar-refractivity contribution in [2.24, 2.45) is 0 Å². The summed E-state index contributed by atoms with van der Waals surface area (Å²) >= 11 is 0. The molecule has 0 unspecified atom stereocenters. The van der Waals surface area contributed by atoms with E-state index in [2.05, 4.69) is 5.32 Å². The number of nitrogens with one attached hydrogen (secondary N) is 1. The summed E-state index contributed by atoms with van der Waals surface area (Å²) in [5.74, 6) is -13.1. The lowest BCUT2D eigenvalue weighted by Crippen LogP contribution is -2.25. The van der Waals surface area contributed by atoms with Gasteiger partial charge < -0.3 is 10.1 Å². The van der Waals surface area contributed by atoms with Gasteiger partial charge in [0.1, 0.15) is 11.6 Å². The molecule has 1 heterocycles. The van der Waals surface area contributed by atoms with Gasteiger partial charge in [-0.05, 0) is 6.07 Å². The maximum atomic E-state index is 14.0. The molecular weight excluding hydrogens is 328 g/mol. The van der Waals surface area contributed by atoms with Gasteiger partial charge in [0.2, 0.25) is 5.82 Å². The molecule has 2 aromatic rings. The Morgan fingerprint density at radius 1 is 0.870 bits per heavy atom. The lowest BCUT2D eigenvalue weighted by molar-refractivity contribution is -0.118. The van der Waals surface area contributed by atoms with Gasteiger partial charge in [-0.15, -0.1) is 0 Å². The SMILES string of the molecule is O=C1COc2cc(F)c(-c3c(F)c(F)c(F)c(F)c3F)cc2N1. The number of carbonyl (C=O) groups excluding carboxylic acids is 1. The quantitative estimate of drug-likeness (QED) is 0.493. The molecule has 1 amide bonds. The van der Waals surface area contributed by atoms with Crippen LogP contribution in [0.3, 0.4) is 0 Å². The van der Waals surface area contributed by atoms with Gasteiger partial charge in [0.15, 0.2) is 29.9 Å². The smallest absolute Gasteiger partial charge is 0.262 e. The Hall–Kier alpha value is -2.71. The van der Waals surface area contributed by atoms with Crippen LogP contribution in [0.1, 0.15) is 0 Å². The van der Waals surface area contributed by atoms with Crippen LogP contribution in [0.2, 0.25) is 0 Å². The molecule has 0 fully saturated rings. The van der Waals surface area contributed by atoms with E-state index in [-0.39, 0.29) is 11.4 Å². The minimum Gasteiger partial charge on any atom is -0.481 e. The van der Waals surface area contributed by atoms with Crippen molar-refractivity contribution in [3.8, 4) is 16.9 Å². The predicted octanol–water partition coefficient (Wildman–Crippen LogP) is 3.52. The van der Waals surface area contributed by atoms with Crippen LogP contribution in [-0.4, -0.2) is 12.5 Å². The molecule has 23 heavy (non-hydrogen) atoms. The van der Waals surface area contributed by atoms with Crippen molar-refractivity contribution in [3.63, 3.8) is 0 Å². The molecule has 3 nitrogen and oxygen atoms in total. The second kappa shape index (κ2) is 5.18. The fourth-order valence-corrected chi connectivity index (χ4v) is 2.13. The molecule has 0 radical (unpaired) electrons. The molecule has 0 aromatic heterocycles. The van der Waals surface area contributed by atoms with Gasteiger partial charge in [0.25, 0.3) is 5.91 Å². The fourth-order valence-electron chi connectivity index (χ4n) is 2.13. The van der Waals surface area contributed by atoms with E-state index in [0.29, 0.717) is 6.07 Å². The number of fused-ring (bicyclic) bond motifs is 1. The van der Waals surface area contributed by atoms with Crippen molar-refractivity contribution in [1.29, 1.82) is 0 Å². The molecule has 3 rings (SSSR count). The Labute approximate surface area is 124 Å². The first-order valence-electron chi connectivity index (χ1n) is 6.09. The number of hydrogen-bond acceptors (Lipinski definition) is 2. The van der Waals surface area contributed by atoms with Crippen LogP contribution in [0.4, 0.5) is 32.0 Å². The molecule has 0 saturated carbocycles. The van der Waals surface area contributed by atoms with Crippen molar-refractivity contribution < 1.29 is 35.9 Å². The van der Waals surface area contributed by atoms with E-state index in [1.54, 1.807) is 0 Å². The average Bonchev–Trinajstić information content (AvgIpc) is 2.52. The van der Waals surface area contributed by atoms with Crippen molar-refractivity contribution in [3.05, 3.63) is 47.0 Å². The second-order valence-electron chi connectivity index (χ2n) is 4.61. The van der Waals surface area contributed by atoms with Crippen LogP contribution < -0.4 is 10.1 Å². The molecule has 0 atom stereocenters. The third-order valence-corrected chi connectivity index (χ3v) is 3.18. The van der Waals surface area contributed by atoms with Crippen LogP contribution in [-0.2, 0) is 4.79 Å². The van der Waals surface area contributed by atoms with Crippen molar-refractivity contribution >= 4 is 11.6 Å². The van der Waals surface area contributed by atoms with Gasteiger partial charge in [-0.25, -0.2) is 26.3 Å². The topological polar surface area (TPSA) is 38.3 Å². The zero-order valence-corrected chi connectivity index (χ0v) is 10.9. The molecule has 1 aliphatic rings. The first-order chi connectivity index (χ1) is 10.8. The number of halogens is 6. The second-order valence-corrected chi connectivity index (χ2v) is 4.61. The highest BCUT2D eigenvalue weighted by atomic mass is 19.2. The summed E-state index contributed by atoms with van der Waals surface area (Å²) in [5, 5.41) is 2.24. The van der Waals surface area contributed by atoms with Gasteiger partial charge in [0.05, 0.1) is 11.3 Å². The summed E-state index contributed by atoms with van der Waals surface area (Å²) in [7, 11) is 0. The maximum Gasteiger partial charge on any atom is 0.262 e. The maximum absolute atomic E-state index is 14.0. The third-order valence-electron chi connectivity index (χ3n) is 3.18. The van der Waals surface area contributed by atoms with Crippen LogP contribution >= 0.6 is 0 Å². The summed E-state index contributed by atoms with van der Waals surface area (Å²) in [5.41, 5.74) is -2.48. The molecule has 1 N–H and O–H groups in total. The molecule has 1 aliphatic heterocycles. The average molecular weight is 333 g/mol. The van der Waals surface area contributed by atoms with Gasteiger partial charge in [-0.2, -0.15) is 0 Å². The number of amides is 1. The Balaban J connectivity index is 2.28. The lowest BCUT2D eigenvalue weighted by atomic mass is 10.0. The van der Waals surface area contributed by atoms with Crippen molar-refractivity contribution in [2.75, 3.05) is 11.9 Å². The highest BCUT2D eigenvalue weighted by molar-refractivity contribution is 5.96. The Kier molecular flexibility index (Phi) is 3.42. The van der Waals surface area contributed by atoms with Gasteiger partial charge >= 0.3 is 0 Å². The molecule has 9 heteroatoms. The standard InChI is InChI=1S/C14H5F6NO2/c15-5-2-7-6(21-8(22)3-23-7)1-4(5)9-10(16)12(18)14(20)13(19)11(9)17/h1-2H,3H2,(H,21,22). The number of rotatable bonds is 1. The van der Waals surface area contributed by atoms with E-state index < -0.39 is 58.5 Å². The van der Waals surface area contributed by atoms with E-state index >= 15 is 0 Å². The number of ether oxygens (including phenoxy) is 1. The van der Waals surface area contributed by atoms with Gasteiger partial charge in [-0.3, -0.25) is 4.79 Å². The van der Waals surface area contributed by atoms with E-state index in [1.807, 2.05) is 0 Å². The summed E-state index contributed by atoms with van der Waals surface area (Å²) in [6.07, 6.45) is 0. The Bertz CT molecular complexity index is 823. The molecular formula is C14H5F6NO2. The van der Waals surface area contributed by atoms with Crippen LogP contribution in [0, 0.1) is 34.9 Å². The number of anilines is 1. The largest absolute Gasteiger partial charge is 0.481 e. The summed E-state index contributed by atoms with van der Waals surface area (Å²) in [4.78, 5) is 11.2. The minimum atomic E-state index is -2.35. The summed E-state index contributed by atoms with van der Waals surface area (Å²) < 4.78 is 86.0. The summed E-state index contributed by atoms with van der Waals surface area (Å²) in [6.45, 7) is -0.395. The van der Waals surface area contributed by atoms with Gasteiger partial charge in [0, 0.05) is 11.6 Å². The van der Waals surface area contributed by atoms with E-state index in [4.69, 9.17) is 4.74 Å². The van der Waals surface area contributed by atoms with E-state index in [1.165, 1.54) is 0 Å². The first kappa shape index (κ1) is 15.2. The monoisotopic (exact) mass is 333 g/mol. The number of benzene rings is 2. The van der Waals surface area contributed by atoms with Crippen LogP contribution in [0.15, 0.2) is 12.1 Å². The first-order valence-corrected chi connectivity index (χ1v) is 6.09. The minimum absolute atomic E-state index is 0.130. The highest BCUT2D eigenvalue weighted by Gasteiger charge is 2.29. The lowest BCUT2D eigenvalue weighted by Gasteiger charge is -2.19. The van der Waals surface area contributed by atoms with E-state index in [0.717, 1.165) is 6.07 Å². The molecule has 0 spiro atoms. The Morgan fingerprint density at radius 2 is 1.43 bits per heavy atom. The Morgan fingerprint density at radius 3 is 2.04 bits per heavy atom. The van der Waals surface area contributed by atoms with Crippen molar-refractivity contribution in [1.82, 2.24) is 0 Å². The third kappa shape index (κ3) is 2.28. The molecule has 120 valence electrons. The predicted molar refractivity (Wildman–Crippen MR) is 65.8 cm³/mol. The van der Waals surface area contributed by atoms with Crippen LogP contribution in [0.25, 0.3) is 11.1 Å². The van der Waals surface area contributed by atoms with Gasteiger partial charge in [-0.1, -0.05) is 0 Å². The van der Waals surface area contributed by atoms with Crippen molar-refractivity contribution in [2.45, 2.75) is 0 Å². The molecule has 0 saturated heterocycles. The molecule has 2 aromatic carbocycles. The summed E-state index contributed by atoms with van der Waals surface area (Å²) in [6, 6.07) is 1.42. The van der Waals surface area contributed by atoms with E-state index in [9.17, 15) is 31.1 Å². The fraction of sp³-hybridized carbons (Fsp3) is 0.0714. The normalized spacial score (nSPS) is 13.4.